The summed E-state index contributed by atoms with van der Waals surface area (Å²) in [4.78, 5) is 29.1. The van der Waals surface area contributed by atoms with Crippen LogP contribution in [0.5, 0.6) is 5.88 Å². The SMILES string of the molecule is COc1nc(C2=CCN(C(=O)O)C[C@@H]2OC(=O)C(C)(C)C)ccc1Cl. The van der Waals surface area contributed by atoms with Gasteiger partial charge in [-0.2, -0.15) is 0 Å². The summed E-state index contributed by atoms with van der Waals surface area (Å²) in [7, 11) is 1.45. The van der Waals surface area contributed by atoms with Gasteiger partial charge in [0.15, 0.2) is 0 Å². The molecule has 1 aromatic heterocycles. The highest BCUT2D eigenvalue weighted by Crippen LogP contribution is 2.30. The fourth-order valence-corrected chi connectivity index (χ4v) is 2.46. The Morgan fingerprint density at radius 2 is 2.04 bits per heavy atom. The molecule has 1 aliphatic rings. The molecule has 0 radical (unpaired) electrons. The molecule has 25 heavy (non-hydrogen) atoms. The topological polar surface area (TPSA) is 89.0 Å². The third kappa shape index (κ3) is 4.42. The van der Waals surface area contributed by atoms with E-state index in [0.717, 1.165) is 0 Å². The van der Waals surface area contributed by atoms with Crippen LogP contribution in [0.25, 0.3) is 5.57 Å². The maximum absolute atomic E-state index is 12.3. The molecule has 0 spiro atoms. The molecule has 0 unspecified atom stereocenters. The molecule has 1 N–H and O–H groups in total. The second-order valence-corrected chi connectivity index (χ2v) is 7.09. The zero-order chi connectivity index (χ0) is 18.8. The van der Waals surface area contributed by atoms with Crippen LogP contribution >= 0.6 is 11.6 Å². The summed E-state index contributed by atoms with van der Waals surface area (Å²) in [6.07, 6.45) is -0.142. The number of nitrogens with zero attached hydrogens (tertiary/aromatic N) is 2. The summed E-state index contributed by atoms with van der Waals surface area (Å²) in [6, 6.07) is 3.32. The van der Waals surface area contributed by atoms with Gasteiger partial charge in [-0.05, 0) is 32.9 Å². The standard InChI is InChI=1S/C17H21ClN2O5/c1-17(2,3)15(21)25-13-9-20(16(22)23)8-7-10(13)12-6-5-11(18)14(19-12)24-4/h5-7,13H,8-9H2,1-4H3,(H,22,23)/t13-/m0/s1. The second-order valence-electron chi connectivity index (χ2n) is 6.68. The summed E-state index contributed by atoms with van der Waals surface area (Å²) in [5, 5.41) is 9.59. The maximum Gasteiger partial charge on any atom is 0.407 e. The molecule has 2 heterocycles. The normalized spacial score (nSPS) is 17.7. The van der Waals surface area contributed by atoms with E-state index < -0.39 is 23.6 Å². The second kappa shape index (κ2) is 7.31. The molecule has 2 rings (SSSR count). The van der Waals surface area contributed by atoms with E-state index >= 15 is 0 Å². The molecule has 0 aromatic carbocycles. The predicted octanol–water partition coefficient (Wildman–Crippen LogP) is 3.08. The number of hydrogen-bond acceptors (Lipinski definition) is 5. The number of carbonyl (C=O) groups is 2. The molecule has 0 fully saturated rings. The number of carbonyl (C=O) groups excluding carboxylic acids is 1. The first-order chi connectivity index (χ1) is 11.6. The van der Waals surface area contributed by atoms with E-state index in [4.69, 9.17) is 21.1 Å². The van der Waals surface area contributed by atoms with Crippen LogP contribution in [0.4, 0.5) is 4.79 Å². The number of ether oxygens (including phenoxy) is 2. The summed E-state index contributed by atoms with van der Waals surface area (Å²) in [6.45, 7) is 5.43. The molecule has 1 amide bonds. The Labute approximate surface area is 151 Å². The van der Waals surface area contributed by atoms with E-state index in [1.165, 1.54) is 12.0 Å². The zero-order valence-electron chi connectivity index (χ0n) is 14.6. The van der Waals surface area contributed by atoms with Crippen LogP contribution in [0.15, 0.2) is 18.2 Å². The Morgan fingerprint density at radius 1 is 1.36 bits per heavy atom. The van der Waals surface area contributed by atoms with E-state index in [0.29, 0.717) is 16.3 Å². The van der Waals surface area contributed by atoms with E-state index in [1.807, 2.05) is 0 Å². The minimum absolute atomic E-state index is 0.0373. The highest BCUT2D eigenvalue weighted by molar-refractivity contribution is 6.31. The fraction of sp³-hybridized carbons (Fsp3) is 0.471. The van der Waals surface area contributed by atoms with Gasteiger partial charge in [-0.15, -0.1) is 0 Å². The summed E-state index contributed by atoms with van der Waals surface area (Å²) in [5.74, 6) is -0.168. The minimum Gasteiger partial charge on any atom is -0.480 e. The molecule has 0 bridgehead atoms. The number of methoxy groups -OCH3 is 1. The van der Waals surface area contributed by atoms with Crippen molar-refractivity contribution in [3.8, 4) is 5.88 Å². The van der Waals surface area contributed by atoms with Crippen molar-refractivity contribution in [1.82, 2.24) is 9.88 Å². The first-order valence-electron chi connectivity index (χ1n) is 7.73. The van der Waals surface area contributed by atoms with Gasteiger partial charge >= 0.3 is 12.1 Å². The average Bonchev–Trinajstić information content (AvgIpc) is 2.54. The number of pyridine rings is 1. The Morgan fingerprint density at radius 3 is 2.60 bits per heavy atom. The molecule has 1 aliphatic heterocycles. The molecule has 0 saturated heterocycles. The van der Waals surface area contributed by atoms with Gasteiger partial charge in [0.25, 0.3) is 0 Å². The molecular formula is C17H21ClN2O5. The lowest BCUT2D eigenvalue weighted by Gasteiger charge is -2.32. The lowest BCUT2D eigenvalue weighted by atomic mass is 9.96. The van der Waals surface area contributed by atoms with Crippen molar-refractivity contribution in [2.24, 2.45) is 5.41 Å². The average molecular weight is 369 g/mol. The van der Waals surface area contributed by atoms with Gasteiger partial charge in [0, 0.05) is 12.1 Å². The highest BCUT2D eigenvalue weighted by Gasteiger charge is 2.33. The maximum atomic E-state index is 12.3. The predicted molar refractivity (Wildman–Crippen MR) is 92.7 cm³/mol. The van der Waals surface area contributed by atoms with Gasteiger partial charge in [0.2, 0.25) is 5.88 Å². The Kier molecular flexibility index (Phi) is 5.57. The van der Waals surface area contributed by atoms with Gasteiger partial charge in [-0.25, -0.2) is 9.78 Å². The van der Waals surface area contributed by atoms with Crippen LogP contribution in [0.3, 0.4) is 0 Å². The number of carboxylic acid groups (broad SMARTS) is 1. The van der Waals surface area contributed by atoms with Crippen LogP contribution in [0.1, 0.15) is 26.5 Å². The monoisotopic (exact) mass is 368 g/mol. The van der Waals surface area contributed by atoms with Gasteiger partial charge < -0.3 is 19.5 Å². The minimum atomic E-state index is -1.08. The van der Waals surface area contributed by atoms with E-state index in [-0.39, 0.29) is 19.0 Å². The molecule has 7 nitrogen and oxygen atoms in total. The highest BCUT2D eigenvalue weighted by atomic mass is 35.5. The van der Waals surface area contributed by atoms with Crippen molar-refractivity contribution in [2.75, 3.05) is 20.2 Å². The third-order valence-electron chi connectivity index (χ3n) is 3.70. The first-order valence-corrected chi connectivity index (χ1v) is 8.11. The summed E-state index contributed by atoms with van der Waals surface area (Å²) in [5.41, 5.74) is 0.449. The van der Waals surface area contributed by atoms with Crippen LogP contribution in [0, 0.1) is 5.41 Å². The lowest BCUT2D eigenvalue weighted by molar-refractivity contribution is -0.156. The number of aromatic nitrogens is 1. The van der Waals surface area contributed by atoms with E-state index in [1.54, 1.807) is 39.0 Å². The van der Waals surface area contributed by atoms with Gasteiger partial charge in [0.05, 0.1) is 24.8 Å². The number of amides is 1. The number of esters is 1. The van der Waals surface area contributed by atoms with Crippen LogP contribution < -0.4 is 4.74 Å². The Bertz CT molecular complexity index is 711. The summed E-state index contributed by atoms with van der Waals surface area (Å²) >= 11 is 6.00. The lowest BCUT2D eigenvalue weighted by Crippen LogP contribution is -2.43. The van der Waals surface area contributed by atoms with Crippen LogP contribution in [-0.4, -0.2) is 53.4 Å². The number of rotatable bonds is 3. The molecule has 0 aliphatic carbocycles. The smallest absolute Gasteiger partial charge is 0.407 e. The molecule has 0 saturated carbocycles. The Balaban J connectivity index is 2.37. The van der Waals surface area contributed by atoms with Crippen LogP contribution in [0.2, 0.25) is 5.02 Å². The van der Waals surface area contributed by atoms with Crippen molar-refractivity contribution in [3.05, 3.63) is 28.9 Å². The molecule has 136 valence electrons. The van der Waals surface area contributed by atoms with E-state index in [2.05, 4.69) is 4.98 Å². The quantitative estimate of drug-likeness (QED) is 0.825. The van der Waals surface area contributed by atoms with Gasteiger partial charge in [-0.1, -0.05) is 17.7 Å². The third-order valence-corrected chi connectivity index (χ3v) is 3.99. The first kappa shape index (κ1) is 19.1. The Hall–Kier alpha value is -2.28. The zero-order valence-corrected chi connectivity index (χ0v) is 15.3. The number of hydrogen-bond donors (Lipinski definition) is 1. The fourth-order valence-electron chi connectivity index (χ4n) is 2.27. The van der Waals surface area contributed by atoms with Crippen molar-refractivity contribution in [2.45, 2.75) is 26.9 Å². The van der Waals surface area contributed by atoms with Crippen LogP contribution in [-0.2, 0) is 9.53 Å². The van der Waals surface area contributed by atoms with Crippen molar-refractivity contribution >= 4 is 29.2 Å². The molecule has 8 heteroatoms. The number of halogens is 1. The van der Waals surface area contributed by atoms with Crippen molar-refractivity contribution in [3.63, 3.8) is 0 Å². The van der Waals surface area contributed by atoms with Crippen molar-refractivity contribution in [1.29, 1.82) is 0 Å². The molecular weight excluding hydrogens is 348 g/mol. The van der Waals surface area contributed by atoms with E-state index in [9.17, 15) is 14.7 Å². The largest absolute Gasteiger partial charge is 0.480 e. The van der Waals surface area contributed by atoms with Gasteiger partial charge in [0.1, 0.15) is 11.1 Å². The molecule has 1 atom stereocenters. The van der Waals surface area contributed by atoms with Gasteiger partial charge in [-0.3, -0.25) is 4.79 Å². The summed E-state index contributed by atoms with van der Waals surface area (Å²) < 4.78 is 10.7. The van der Waals surface area contributed by atoms with Crippen molar-refractivity contribution < 1.29 is 24.2 Å². The molecule has 1 aromatic rings.